The molecule has 0 fully saturated rings. The number of halogens is 1. The van der Waals surface area contributed by atoms with Gasteiger partial charge in [-0.2, -0.15) is 4.47 Å². The highest BCUT2D eigenvalue weighted by molar-refractivity contribution is 8.01. The molecule has 0 aliphatic rings. The van der Waals surface area contributed by atoms with Crippen LogP contribution in [0.5, 0.6) is 0 Å². The van der Waals surface area contributed by atoms with E-state index in [0.717, 1.165) is 28.5 Å². The zero-order valence-electron chi connectivity index (χ0n) is 10.5. The third-order valence-corrected chi connectivity index (χ3v) is 3.26. The molecule has 2 aromatic carbocycles. The van der Waals surface area contributed by atoms with Crippen LogP contribution in [0, 0.1) is 5.82 Å². The largest absolute Gasteiger partial charge is 0.308 e. The minimum absolute atomic E-state index is 0.278. The van der Waals surface area contributed by atoms with Gasteiger partial charge in [0.1, 0.15) is 12.1 Å². The van der Waals surface area contributed by atoms with E-state index in [9.17, 15) is 14.4 Å². The summed E-state index contributed by atoms with van der Waals surface area (Å²) in [6, 6.07) is 13.1. The van der Waals surface area contributed by atoms with Crippen molar-refractivity contribution in [2.24, 2.45) is 0 Å². The fourth-order valence-electron chi connectivity index (χ4n) is 1.59. The maximum Gasteiger partial charge on any atom is 0.147 e. The van der Waals surface area contributed by atoms with E-state index in [-0.39, 0.29) is 12.1 Å². The number of carbonyl (C=O) groups is 1. The van der Waals surface area contributed by atoms with Crippen molar-refractivity contribution in [1.29, 1.82) is 0 Å². The number of para-hydroxylation sites is 1. The van der Waals surface area contributed by atoms with Crippen LogP contribution in [-0.2, 0) is 11.2 Å². The molecule has 0 bridgehead atoms. The van der Waals surface area contributed by atoms with Gasteiger partial charge in [-0.05, 0) is 29.8 Å². The molecule has 4 nitrogen and oxygen atoms in total. The molecule has 2 rings (SSSR count). The third-order valence-electron chi connectivity index (χ3n) is 2.57. The van der Waals surface area contributed by atoms with Gasteiger partial charge in [-0.15, -0.1) is 0 Å². The molecule has 0 radical (unpaired) electrons. The fourth-order valence-corrected chi connectivity index (χ4v) is 2.16. The second-order valence-corrected chi connectivity index (χ2v) is 4.72. The highest BCUT2D eigenvalue weighted by atomic mass is 32.2. The van der Waals surface area contributed by atoms with Crippen molar-refractivity contribution in [3.05, 3.63) is 59.9 Å². The molecular formula is C14H13FN2O2S. The maximum absolute atomic E-state index is 13.4. The van der Waals surface area contributed by atoms with Gasteiger partial charge in [0.25, 0.3) is 0 Å². The second-order valence-electron chi connectivity index (χ2n) is 3.99. The summed E-state index contributed by atoms with van der Waals surface area (Å²) in [7, 11) is 0. The van der Waals surface area contributed by atoms with Gasteiger partial charge in [-0.25, -0.2) is 4.39 Å². The van der Waals surface area contributed by atoms with Gasteiger partial charge >= 0.3 is 0 Å². The smallest absolute Gasteiger partial charge is 0.147 e. The molecule has 0 aliphatic carbocycles. The zero-order chi connectivity index (χ0) is 14.4. The molecule has 104 valence electrons. The van der Waals surface area contributed by atoms with Crippen LogP contribution in [0.25, 0.3) is 0 Å². The van der Waals surface area contributed by atoms with Crippen LogP contribution in [0.4, 0.5) is 15.8 Å². The topological polar surface area (TPSA) is 52.6 Å². The molecule has 0 heterocycles. The number of nitrogens with one attached hydrogen (secondary N) is 1. The van der Waals surface area contributed by atoms with E-state index >= 15 is 0 Å². The van der Waals surface area contributed by atoms with E-state index in [0.29, 0.717) is 5.69 Å². The summed E-state index contributed by atoms with van der Waals surface area (Å²) in [5, 5.41) is 9.89. The Bertz CT molecular complexity index is 595. The normalized spacial score (nSPS) is 10.1. The lowest BCUT2D eigenvalue weighted by Crippen LogP contribution is -2.11. The first kappa shape index (κ1) is 14.4. The average molecular weight is 292 g/mol. The van der Waals surface area contributed by atoms with E-state index in [4.69, 9.17) is 0 Å². The van der Waals surface area contributed by atoms with Crippen molar-refractivity contribution in [3.63, 3.8) is 0 Å². The van der Waals surface area contributed by atoms with E-state index in [1.807, 2.05) is 0 Å². The number of benzene rings is 2. The van der Waals surface area contributed by atoms with E-state index in [1.165, 1.54) is 6.07 Å². The molecule has 0 aromatic heterocycles. The predicted molar refractivity (Wildman–Crippen MR) is 78.1 cm³/mol. The van der Waals surface area contributed by atoms with E-state index in [1.54, 1.807) is 42.5 Å². The predicted octanol–water partition coefficient (Wildman–Crippen LogP) is 3.44. The van der Waals surface area contributed by atoms with Crippen LogP contribution in [0.3, 0.4) is 0 Å². The first-order valence-corrected chi connectivity index (χ1v) is 6.67. The van der Waals surface area contributed by atoms with E-state index in [2.05, 4.69) is 4.72 Å². The Labute approximate surface area is 120 Å². The Morgan fingerprint density at radius 2 is 2.05 bits per heavy atom. The molecule has 0 spiro atoms. The van der Waals surface area contributed by atoms with Crippen LogP contribution >= 0.6 is 12.1 Å². The van der Waals surface area contributed by atoms with Gasteiger partial charge in [-0.1, -0.05) is 24.3 Å². The Hall–Kier alpha value is -2.05. The Kier molecular flexibility index (Phi) is 4.97. The van der Waals surface area contributed by atoms with Gasteiger partial charge in [0.05, 0.1) is 23.5 Å². The van der Waals surface area contributed by atoms with Crippen LogP contribution in [0.15, 0.2) is 48.5 Å². The van der Waals surface area contributed by atoms with Crippen molar-refractivity contribution >= 4 is 29.8 Å². The summed E-state index contributed by atoms with van der Waals surface area (Å²) in [5.41, 5.74) is 1.57. The molecule has 0 saturated heterocycles. The molecule has 0 saturated carbocycles. The number of anilines is 2. The fraction of sp³-hybridized carbons (Fsp3) is 0.0714. The Morgan fingerprint density at radius 3 is 2.80 bits per heavy atom. The summed E-state index contributed by atoms with van der Waals surface area (Å²) >= 11 is 0.834. The minimum atomic E-state index is -0.400. The highest BCUT2D eigenvalue weighted by Gasteiger charge is 2.07. The SMILES string of the molecule is O=CCc1cccc(N(O)SNc2ccccc2F)c1. The summed E-state index contributed by atoms with van der Waals surface area (Å²) in [6.45, 7) is 0. The lowest BCUT2D eigenvalue weighted by molar-refractivity contribution is -0.107. The van der Waals surface area contributed by atoms with Crippen molar-refractivity contribution in [2.75, 3.05) is 9.19 Å². The molecule has 2 N–H and O–H groups in total. The van der Waals surface area contributed by atoms with Gasteiger partial charge in [0.2, 0.25) is 0 Å². The van der Waals surface area contributed by atoms with Crippen LogP contribution in [-0.4, -0.2) is 11.5 Å². The number of aldehydes is 1. The molecule has 0 amide bonds. The Morgan fingerprint density at radius 1 is 1.25 bits per heavy atom. The summed E-state index contributed by atoms with van der Waals surface area (Å²) < 4.78 is 17.0. The lowest BCUT2D eigenvalue weighted by Gasteiger charge is -2.16. The van der Waals surface area contributed by atoms with Crippen molar-refractivity contribution < 1.29 is 14.4 Å². The summed E-state index contributed by atoms with van der Waals surface area (Å²) in [6.07, 6.45) is 1.08. The molecule has 0 unspecified atom stereocenters. The summed E-state index contributed by atoms with van der Waals surface area (Å²) in [4.78, 5) is 10.5. The van der Waals surface area contributed by atoms with Crippen LogP contribution in [0.1, 0.15) is 5.56 Å². The maximum atomic E-state index is 13.4. The number of carbonyl (C=O) groups excluding carboxylic acids is 1. The molecule has 0 atom stereocenters. The standard InChI is InChI=1S/C14H13FN2O2S/c15-13-6-1-2-7-14(13)16-20-17(19)12-5-3-4-11(10-12)8-9-18/h1-7,9-10,16,19H,8H2. The highest BCUT2D eigenvalue weighted by Crippen LogP contribution is 2.24. The van der Waals surface area contributed by atoms with Gasteiger partial charge in [0.15, 0.2) is 0 Å². The molecule has 2 aromatic rings. The van der Waals surface area contributed by atoms with Crippen LogP contribution < -0.4 is 9.19 Å². The molecule has 20 heavy (non-hydrogen) atoms. The second kappa shape index (κ2) is 6.93. The van der Waals surface area contributed by atoms with Crippen molar-refractivity contribution in [2.45, 2.75) is 6.42 Å². The quantitative estimate of drug-likeness (QED) is 0.485. The number of rotatable bonds is 6. The van der Waals surface area contributed by atoms with Crippen molar-refractivity contribution in [3.8, 4) is 0 Å². The minimum Gasteiger partial charge on any atom is -0.308 e. The lowest BCUT2D eigenvalue weighted by atomic mass is 10.1. The average Bonchev–Trinajstić information content (AvgIpc) is 2.47. The van der Waals surface area contributed by atoms with Gasteiger partial charge in [-0.3, -0.25) is 5.21 Å². The summed E-state index contributed by atoms with van der Waals surface area (Å²) in [5.74, 6) is -0.400. The van der Waals surface area contributed by atoms with Gasteiger partial charge in [0, 0.05) is 6.42 Å². The zero-order valence-corrected chi connectivity index (χ0v) is 11.3. The van der Waals surface area contributed by atoms with Gasteiger partial charge < -0.3 is 9.52 Å². The first-order chi connectivity index (χ1) is 9.70. The van der Waals surface area contributed by atoms with Crippen LogP contribution in [0.2, 0.25) is 0 Å². The number of hydrogen-bond donors (Lipinski definition) is 2. The first-order valence-electron chi connectivity index (χ1n) is 5.90. The molecular weight excluding hydrogens is 279 g/mol. The molecule has 0 aliphatic heterocycles. The Balaban J connectivity index is 2.01. The molecule has 6 heteroatoms. The monoisotopic (exact) mass is 292 g/mol. The van der Waals surface area contributed by atoms with E-state index < -0.39 is 5.82 Å². The number of hydrogen-bond acceptors (Lipinski definition) is 5. The van der Waals surface area contributed by atoms with Crippen molar-refractivity contribution in [1.82, 2.24) is 0 Å². The third kappa shape index (κ3) is 3.72. The number of nitrogens with zero attached hydrogens (tertiary/aromatic N) is 1.